The highest BCUT2D eigenvalue weighted by Gasteiger charge is 2.25. The van der Waals surface area contributed by atoms with E-state index in [0.717, 1.165) is 12.8 Å². The molecule has 1 amide bonds. The van der Waals surface area contributed by atoms with E-state index in [1.807, 2.05) is 0 Å². The van der Waals surface area contributed by atoms with Gasteiger partial charge in [0.05, 0.1) is 0 Å². The minimum atomic E-state index is -0.333. The molecule has 0 aromatic heterocycles. The smallest absolute Gasteiger partial charge is 0.246 e. The Bertz CT molecular complexity index is 175. The molecule has 0 aliphatic heterocycles. The maximum atomic E-state index is 11.1. The minimum Gasteiger partial charge on any atom is -0.351 e. The Labute approximate surface area is 66.1 Å². The highest BCUT2D eigenvalue weighted by atomic mass is 16.2. The van der Waals surface area contributed by atoms with E-state index in [9.17, 15) is 4.79 Å². The zero-order chi connectivity index (χ0) is 8.27. The number of nitrogens with one attached hydrogen (secondary N) is 1. The molecule has 0 heterocycles. The number of azo groups is 1. The molecule has 1 aliphatic rings. The van der Waals surface area contributed by atoms with Crippen molar-refractivity contribution >= 4 is 5.91 Å². The highest BCUT2D eigenvalue weighted by Crippen LogP contribution is 2.18. The van der Waals surface area contributed by atoms with Gasteiger partial charge in [-0.1, -0.05) is 0 Å². The number of amides is 1. The molecular weight excluding hydrogens is 142 g/mol. The summed E-state index contributed by atoms with van der Waals surface area (Å²) in [7, 11) is 1.57. The van der Waals surface area contributed by atoms with Crippen LogP contribution in [0.1, 0.15) is 19.8 Å². The first-order valence-electron chi connectivity index (χ1n) is 3.83. The van der Waals surface area contributed by atoms with Crippen molar-refractivity contribution in [2.75, 3.05) is 7.05 Å². The van der Waals surface area contributed by atoms with Gasteiger partial charge >= 0.3 is 0 Å². The second-order valence-electron chi connectivity index (χ2n) is 2.77. The number of hydrogen-bond donors (Lipinski definition) is 1. The molecule has 11 heavy (non-hydrogen) atoms. The van der Waals surface area contributed by atoms with Crippen molar-refractivity contribution < 1.29 is 4.79 Å². The van der Waals surface area contributed by atoms with Gasteiger partial charge in [0.25, 0.3) is 0 Å². The monoisotopic (exact) mass is 155 g/mol. The fraction of sp³-hybridized carbons (Fsp3) is 0.857. The van der Waals surface area contributed by atoms with Crippen molar-refractivity contribution in [3.05, 3.63) is 0 Å². The summed E-state index contributed by atoms with van der Waals surface area (Å²) in [4.78, 5) is 11.1. The third kappa shape index (κ3) is 2.65. The molecule has 1 atom stereocenters. The lowest BCUT2D eigenvalue weighted by molar-refractivity contribution is -0.122. The second kappa shape index (κ2) is 3.46. The normalized spacial score (nSPS) is 20.2. The first-order chi connectivity index (χ1) is 5.24. The Morgan fingerprint density at radius 3 is 2.73 bits per heavy atom. The number of rotatable bonds is 3. The maximum absolute atomic E-state index is 11.1. The van der Waals surface area contributed by atoms with Gasteiger partial charge < -0.3 is 5.32 Å². The fourth-order valence-electron chi connectivity index (χ4n) is 0.775. The Morgan fingerprint density at radius 1 is 1.64 bits per heavy atom. The molecule has 4 nitrogen and oxygen atoms in total. The van der Waals surface area contributed by atoms with Gasteiger partial charge in [0.2, 0.25) is 5.91 Å². The summed E-state index contributed by atoms with van der Waals surface area (Å²) in [6.45, 7) is 1.74. The van der Waals surface area contributed by atoms with Gasteiger partial charge in [-0.15, -0.1) is 0 Å². The minimum absolute atomic E-state index is 0.0156. The lowest BCUT2D eigenvalue weighted by Crippen LogP contribution is -2.32. The van der Waals surface area contributed by atoms with Crippen LogP contribution in [0.3, 0.4) is 0 Å². The van der Waals surface area contributed by atoms with E-state index in [1.165, 1.54) is 0 Å². The van der Waals surface area contributed by atoms with Gasteiger partial charge in [-0.25, -0.2) is 0 Å². The van der Waals surface area contributed by atoms with E-state index in [4.69, 9.17) is 0 Å². The van der Waals surface area contributed by atoms with Crippen molar-refractivity contribution in [2.45, 2.75) is 31.8 Å². The average molecular weight is 155 g/mol. The molecule has 62 valence electrons. The summed E-state index contributed by atoms with van der Waals surface area (Å²) in [5.74, 6) is -0.0156. The maximum Gasteiger partial charge on any atom is 0.246 e. The fourth-order valence-corrected chi connectivity index (χ4v) is 0.775. The van der Waals surface area contributed by atoms with E-state index in [0.29, 0.717) is 6.04 Å². The molecule has 0 bridgehead atoms. The summed E-state index contributed by atoms with van der Waals surface area (Å²) in [6.07, 6.45) is 2.23. The van der Waals surface area contributed by atoms with Crippen LogP contribution in [0.2, 0.25) is 0 Å². The zero-order valence-electron chi connectivity index (χ0n) is 6.87. The quantitative estimate of drug-likeness (QED) is 0.600. The first-order valence-corrected chi connectivity index (χ1v) is 3.83. The molecule has 1 N–H and O–H groups in total. The van der Waals surface area contributed by atoms with Gasteiger partial charge in [0.1, 0.15) is 6.04 Å². The number of hydrogen-bond acceptors (Lipinski definition) is 3. The van der Waals surface area contributed by atoms with E-state index in [-0.39, 0.29) is 11.9 Å². The molecule has 1 saturated carbocycles. The molecule has 1 fully saturated rings. The average Bonchev–Trinajstić information content (AvgIpc) is 2.72. The largest absolute Gasteiger partial charge is 0.351 e. The van der Waals surface area contributed by atoms with Gasteiger partial charge in [-0.05, 0) is 19.8 Å². The SMILES string of the molecule is CN=NC(C)C(=O)NC1CC1. The number of carbonyl (C=O) groups is 1. The molecule has 0 aromatic rings. The lowest BCUT2D eigenvalue weighted by atomic mass is 10.3. The molecule has 0 saturated heterocycles. The number of nitrogens with zero attached hydrogens (tertiary/aromatic N) is 2. The predicted molar refractivity (Wildman–Crippen MR) is 41.4 cm³/mol. The van der Waals surface area contributed by atoms with Gasteiger partial charge in [-0.3, -0.25) is 4.79 Å². The Balaban J connectivity index is 2.26. The van der Waals surface area contributed by atoms with Crippen LogP contribution >= 0.6 is 0 Å². The first kappa shape index (κ1) is 8.17. The van der Waals surface area contributed by atoms with Crippen molar-refractivity contribution in [1.29, 1.82) is 0 Å². The highest BCUT2D eigenvalue weighted by molar-refractivity contribution is 5.81. The van der Waals surface area contributed by atoms with Crippen molar-refractivity contribution in [3.63, 3.8) is 0 Å². The molecule has 4 heteroatoms. The van der Waals surface area contributed by atoms with Crippen LogP contribution in [-0.2, 0) is 4.79 Å². The molecule has 0 spiro atoms. The van der Waals surface area contributed by atoms with Crippen molar-refractivity contribution in [2.24, 2.45) is 10.2 Å². The van der Waals surface area contributed by atoms with E-state index in [2.05, 4.69) is 15.5 Å². The Hall–Kier alpha value is -0.930. The van der Waals surface area contributed by atoms with Crippen LogP contribution in [0, 0.1) is 0 Å². The summed E-state index contributed by atoms with van der Waals surface area (Å²) in [6, 6.07) is 0.0811. The van der Waals surface area contributed by atoms with Crippen molar-refractivity contribution in [1.82, 2.24) is 5.32 Å². The topological polar surface area (TPSA) is 53.8 Å². The van der Waals surface area contributed by atoms with Crippen LogP contribution in [-0.4, -0.2) is 25.0 Å². The van der Waals surface area contributed by atoms with Gasteiger partial charge in [0, 0.05) is 13.1 Å². The van der Waals surface area contributed by atoms with E-state index < -0.39 is 0 Å². The summed E-state index contributed by atoms with van der Waals surface area (Å²) in [5, 5.41) is 10.1. The van der Waals surface area contributed by atoms with Crippen LogP contribution < -0.4 is 5.32 Å². The van der Waals surface area contributed by atoms with Gasteiger partial charge in [0.15, 0.2) is 0 Å². The Morgan fingerprint density at radius 2 is 2.27 bits per heavy atom. The lowest BCUT2D eigenvalue weighted by Gasteiger charge is -2.04. The second-order valence-corrected chi connectivity index (χ2v) is 2.77. The third-order valence-electron chi connectivity index (χ3n) is 1.59. The van der Waals surface area contributed by atoms with Crippen LogP contribution in [0.15, 0.2) is 10.2 Å². The van der Waals surface area contributed by atoms with Crippen LogP contribution in [0.5, 0.6) is 0 Å². The number of carbonyl (C=O) groups excluding carboxylic acids is 1. The Kier molecular flexibility index (Phi) is 2.57. The molecule has 0 radical (unpaired) electrons. The van der Waals surface area contributed by atoms with E-state index in [1.54, 1.807) is 14.0 Å². The molecular formula is C7H13N3O. The van der Waals surface area contributed by atoms with Gasteiger partial charge in [-0.2, -0.15) is 10.2 Å². The summed E-state index contributed by atoms with van der Waals surface area (Å²) >= 11 is 0. The van der Waals surface area contributed by atoms with Crippen LogP contribution in [0.25, 0.3) is 0 Å². The zero-order valence-corrected chi connectivity index (χ0v) is 6.87. The molecule has 1 unspecified atom stereocenters. The summed E-state index contributed by atoms with van der Waals surface area (Å²) < 4.78 is 0. The molecule has 1 aliphatic carbocycles. The van der Waals surface area contributed by atoms with E-state index >= 15 is 0 Å². The standard InChI is InChI=1S/C7H13N3O/c1-5(10-8-2)7(11)9-6-3-4-6/h5-6H,3-4H2,1-2H3,(H,9,11). The molecule has 0 aromatic carbocycles. The summed E-state index contributed by atoms with van der Waals surface area (Å²) in [5.41, 5.74) is 0. The van der Waals surface area contributed by atoms with Crippen molar-refractivity contribution in [3.8, 4) is 0 Å². The predicted octanol–water partition coefficient (Wildman–Crippen LogP) is 0.736. The van der Waals surface area contributed by atoms with Crippen LogP contribution in [0.4, 0.5) is 0 Å². The third-order valence-corrected chi connectivity index (χ3v) is 1.59. The molecule has 1 rings (SSSR count).